The summed E-state index contributed by atoms with van der Waals surface area (Å²) in [6.07, 6.45) is 0. The molecular formula is C24H20ClN5O. The van der Waals surface area contributed by atoms with Gasteiger partial charge >= 0.3 is 0 Å². The summed E-state index contributed by atoms with van der Waals surface area (Å²) in [6, 6.07) is 21.4. The maximum absolute atomic E-state index is 6.10. The standard InChI is InChI=1S/C24H20ClN5O/c1-15-28-29-23-13-27-24(17-5-7-18(25)8-6-17)21-12-20(9-10-22(21)30(15)23)31-14-16-3-2-4-19(26)11-16/h2-12H,13-14,26H2,1H3. The number of nitrogens with zero attached hydrogens (tertiary/aromatic N) is 4. The molecule has 7 heteroatoms. The van der Waals surface area contributed by atoms with Crippen molar-refractivity contribution in [3.05, 3.63) is 100 Å². The Hall–Kier alpha value is -3.64. The van der Waals surface area contributed by atoms with Crippen LogP contribution >= 0.6 is 11.6 Å². The van der Waals surface area contributed by atoms with Crippen LogP contribution in [0.5, 0.6) is 5.75 Å². The van der Waals surface area contributed by atoms with Crippen LogP contribution in [0.2, 0.25) is 5.02 Å². The molecule has 4 aromatic rings. The number of aryl methyl sites for hydroxylation is 1. The van der Waals surface area contributed by atoms with Crippen molar-refractivity contribution in [2.75, 3.05) is 5.73 Å². The van der Waals surface area contributed by atoms with Crippen LogP contribution in [0.15, 0.2) is 71.7 Å². The lowest BCUT2D eigenvalue weighted by Gasteiger charge is -2.15. The van der Waals surface area contributed by atoms with Crippen LogP contribution in [0, 0.1) is 6.92 Å². The molecule has 1 aromatic heterocycles. The van der Waals surface area contributed by atoms with E-state index in [2.05, 4.69) is 10.2 Å². The van der Waals surface area contributed by atoms with Gasteiger partial charge < -0.3 is 10.5 Å². The second kappa shape index (κ2) is 7.89. The Morgan fingerprint density at radius 2 is 1.87 bits per heavy atom. The Morgan fingerprint density at radius 1 is 1.03 bits per heavy atom. The van der Waals surface area contributed by atoms with Crippen molar-refractivity contribution < 1.29 is 4.74 Å². The van der Waals surface area contributed by atoms with E-state index in [-0.39, 0.29) is 0 Å². The maximum Gasteiger partial charge on any atom is 0.159 e. The zero-order valence-electron chi connectivity index (χ0n) is 16.9. The third kappa shape index (κ3) is 3.78. The van der Waals surface area contributed by atoms with Crippen LogP contribution in [0.25, 0.3) is 5.69 Å². The molecule has 0 bridgehead atoms. The first-order chi connectivity index (χ1) is 15.1. The number of halogens is 1. The lowest BCUT2D eigenvalue weighted by molar-refractivity contribution is 0.306. The number of rotatable bonds is 4. The van der Waals surface area contributed by atoms with E-state index >= 15 is 0 Å². The molecule has 1 aliphatic rings. The first-order valence-electron chi connectivity index (χ1n) is 9.92. The third-order valence-electron chi connectivity index (χ3n) is 5.21. The molecule has 154 valence electrons. The molecule has 0 amide bonds. The molecule has 31 heavy (non-hydrogen) atoms. The molecule has 0 saturated carbocycles. The smallest absolute Gasteiger partial charge is 0.159 e. The molecule has 6 nitrogen and oxygen atoms in total. The van der Waals surface area contributed by atoms with Gasteiger partial charge in [0.05, 0.1) is 11.4 Å². The van der Waals surface area contributed by atoms with Crippen molar-refractivity contribution >= 4 is 23.0 Å². The Bertz CT molecular complexity index is 1290. The summed E-state index contributed by atoms with van der Waals surface area (Å²) in [5.41, 5.74) is 11.4. The average Bonchev–Trinajstić information content (AvgIpc) is 3.05. The summed E-state index contributed by atoms with van der Waals surface area (Å²) in [5.74, 6) is 2.37. The van der Waals surface area contributed by atoms with Gasteiger partial charge in [0.25, 0.3) is 0 Å². The topological polar surface area (TPSA) is 78.3 Å². The summed E-state index contributed by atoms with van der Waals surface area (Å²) in [7, 11) is 0. The first kappa shape index (κ1) is 19.3. The van der Waals surface area contributed by atoms with Gasteiger partial charge in [0, 0.05) is 21.8 Å². The SMILES string of the molecule is Cc1nnc2n1-c1ccc(OCc3cccc(N)c3)cc1C(c1ccc(Cl)cc1)=NC2. The van der Waals surface area contributed by atoms with Gasteiger partial charge in [-0.05, 0) is 55.0 Å². The van der Waals surface area contributed by atoms with Gasteiger partial charge in [0.1, 0.15) is 24.7 Å². The number of nitrogen functional groups attached to an aromatic ring is 1. The van der Waals surface area contributed by atoms with Crippen LogP contribution in [-0.4, -0.2) is 20.5 Å². The van der Waals surface area contributed by atoms with E-state index < -0.39 is 0 Å². The van der Waals surface area contributed by atoms with E-state index in [0.717, 1.165) is 51.2 Å². The van der Waals surface area contributed by atoms with Crippen molar-refractivity contribution in [3.63, 3.8) is 0 Å². The molecule has 2 heterocycles. The van der Waals surface area contributed by atoms with E-state index in [0.29, 0.717) is 18.2 Å². The number of nitrogens with two attached hydrogens (primary N) is 1. The highest BCUT2D eigenvalue weighted by molar-refractivity contribution is 6.30. The number of fused-ring (bicyclic) bond motifs is 3. The van der Waals surface area contributed by atoms with Crippen LogP contribution in [0.1, 0.15) is 28.3 Å². The first-order valence-corrected chi connectivity index (χ1v) is 10.3. The Labute approximate surface area is 185 Å². The number of anilines is 1. The van der Waals surface area contributed by atoms with Gasteiger partial charge in [-0.3, -0.25) is 9.56 Å². The van der Waals surface area contributed by atoms with Gasteiger partial charge in [0.15, 0.2) is 5.82 Å². The molecule has 0 spiro atoms. The fourth-order valence-corrected chi connectivity index (χ4v) is 3.88. The molecule has 5 rings (SSSR count). The van der Waals surface area contributed by atoms with E-state index in [1.54, 1.807) is 0 Å². The molecule has 0 fully saturated rings. The zero-order chi connectivity index (χ0) is 21.4. The summed E-state index contributed by atoms with van der Waals surface area (Å²) in [4.78, 5) is 4.87. The summed E-state index contributed by atoms with van der Waals surface area (Å²) in [5, 5.41) is 9.23. The lowest BCUT2D eigenvalue weighted by Crippen LogP contribution is -2.09. The molecule has 0 radical (unpaired) electrons. The van der Waals surface area contributed by atoms with Gasteiger partial charge in [0.2, 0.25) is 0 Å². The fourth-order valence-electron chi connectivity index (χ4n) is 3.75. The van der Waals surface area contributed by atoms with Crippen molar-refractivity contribution in [2.24, 2.45) is 4.99 Å². The monoisotopic (exact) mass is 429 g/mol. The normalized spacial score (nSPS) is 12.5. The van der Waals surface area contributed by atoms with Gasteiger partial charge in [-0.2, -0.15) is 0 Å². The number of aliphatic imine (C=N–C) groups is 1. The summed E-state index contributed by atoms with van der Waals surface area (Å²) in [6.45, 7) is 2.80. The minimum absolute atomic E-state index is 0.425. The van der Waals surface area contributed by atoms with E-state index in [1.807, 2.05) is 78.2 Å². The van der Waals surface area contributed by atoms with Crippen molar-refractivity contribution in [1.82, 2.24) is 14.8 Å². The van der Waals surface area contributed by atoms with Gasteiger partial charge in [-0.25, -0.2) is 0 Å². The predicted octanol–water partition coefficient (Wildman–Crippen LogP) is 4.74. The van der Waals surface area contributed by atoms with Crippen LogP contribution in [0.4, 0.5) is 5.69 Å². The van der Waals surface area contributed by atoms with Gasteiger partial charge in [-0.15, -0.1) is 10.2 Å². The molecule has 0 saturated heterocycles. The van der Waals surface area contributed by atoms with Crippen molar-refractivity contribution in [2.45, 2.75) is 20.1 Å². The van der Waals surface area contributed by atoms with E-state index in [1.165, 1.54) is 0 Å². The maximum atomic E-state index is 6.10. The molecule has 1 aliphatic heterocycles. The molecule has 0 unspecified atom stereocenters. The Kier molecular flexibility index (Phi) is 4.92. The zero-order valence-corrected chi connectivity index (χ0v) is 17.7. The predicted molar refractivity (Wildman–Crippen MR) is 122 cm³/mol. The summed E-state index contributed by atoms with van der Waals surface area (Å²) >= 11 is 6.10. The quantitative estimate of drug-likeness (QED) is 0.475. The number of aromatic nitrogens is 3. The highest BCUT2D eigenvalue weighted by atomic mass is 35.5. The van der Waals surface area contributed by atoms with E-state index in [4.69, 9.17) is 27.1 Å². The Morgan fingerprint density at radius 3 is 2.68 bits per heavy atom. The molecule has 3 aromatic carbocycles. The average molecular weight is 430 g/mol. The highest BCUT2D eigenvalue weighted by Crippen LogP contribution is 2.29. The number of hydrogen-bond acceptors (Lipinski definition) is 5. The van der Waals surface area contributed by atoms with Crippen molar-refractivity contribution in [1.29, 1.82) is 0 Å². The minimum atomic E-state index is 0.425. The molecule has 0 atom stereocenters. The molecular weight excluding hydrogens is 410 g/mol. The molecule has 0 aliphatic carbocycles. The van der Waals surface area contributed by atoms with E-state index in [9.17, 15) is 0 Å². The second-order valence-electron chi connectivity index (χ2n) is 7.38. The van der Waals surface area contributed by atoms with Crippen molar-refractivity contribution in [3.8, 4) is 11.4 Å². The lowest BCUT2D eigenvalue weighted by atomic mass is 10.00. The number of benzene rings is 3. The molecule has 2 N–H and O–H groups in total. The number of hydrogen-bond donors (Lipinski definition) is 1. The fraction of sp³-hybridized carbons (Fsp3) is 0.125. The van der Waals surface area contributed by atoms with Crippen LogP contribution in [-0.2, 0) is 13.2 Å². The second-order valence-corrected chi connectivity index (χ2v) is 7.82. The minimum Gasteiger partial charge on any atom is -0.489 e. The largest absolute Gasteiger partial charge is 0.489 e. The Balaban J connectivity index is 1.57. The highest BCUT2D eigenvalue weighted by Gasteiger charge is 2.22. The number of ether oxygens (including phenoxy) is 1. The van der Waals surface area contributed by atoms with Crippen LogP contribution in [0.3, 0.4) is 0 Å². The van der Waals surface area contributed by atoms with Crippen LogP contribution < -0.4 is 10.5 Å². The van der Waals surface area contributed by atoms with Gasteiger partial charge in [-0.1, -0.05) is 35.9 Å². The summed E-state index contributed by atoms with van der Waals surface area (Å²) < 4.78 is 8.13. The third-order valence-corrected chi connectivity index (χ3v) is 5.46.